The van der Waals surface area contributed by atoms with Crippen LogP contribution in [0.3, 0.4) is 0 Å². The van der Waals surface area contributed by atoms with E-state index in [4.69, 9.17) is 11.6 Å². The quantitative estimate of drug-likeness (QED) is 0.282. The highest BCUT2D eigenvalue weighted by molar-refractivity contribution is 6.29. The zero-order valence-corrected chi connectivity index (χ0v) is 18.0. The maximum atomic E-state index is 12.3. The van der Waals surface area contributed by atoms with E-state index in [-0.39, 0.29) is 11.9 Å². The largest absolute Gasteiger partial charge is 0.357 e. The van der Waals surface area contributed by atoms with Crippen LogP contribution in [0.1, 0.15) is 31.7 Å². The lowest BCUT2D eigenvalue weighted by Crippen LogP contribution is -2.43. The van der Waals surface area contributed by atoms with E-state index in [9.17, 15) is 4.79 Å². The number of carbonyl (C=O) groups excluding carboxylic acids is 1. The molecular formula is C20H33ClN6O. The van der Waals surface area contributed by atoms with E-state index in [1.165, 1.54) is 0 Å². The predicted molar refractivity (Wildman–Crippen MR) is 115 cm³/mol. The Morgan fingerprint density at radius 3 is 2.89 bits per heavy atom. The van der Waals surface area contributed by atoms with Crippen molar-refractivity contribution < 1.29 is 4.79 Å². The molecular weight excluding hydrogens is 376 g/mol. The van der Waals surface area contributed by atoms with Crippen LogP contribution >= 0.6 is 11.6 Å². The summed E-state index contributed by atoms with van der Waals surface area (Å²) < 4.78 is 0. The minimum Gasteiger partial charge on any atom is -0.357 e. The van der Waals surface area contributed by atoms with Crippen molar-refractivity contribution in [1.29, 1.82) is 0 Å². The van der Waals surface area contributed by atoms with Crippen LogP contribution in [-0.4, -0.2) is 79.5 Å². The molecule has 8 heteroatoms. The van der Waals surface area contributed by atoms with E-state index >= 15 is 0 Å². The molecule has 1 unspecified atom stereocenters. The van der Waals surface area contributed by atoms with Gasteiger partial charge in [0.25, 0.3) is 0 Å². The second-order valence-corrected chi connectivity index (χ2v) is 7.59. The summed E-state index contributed by atoms with van der Waals surface area (Å²) in [6, 6.07) is 3.84. The average molecular weight is 409 g/mol. The third-order valence-electron chi connectivity index (χ3n) is 4.80. The minimum absolute atomic E-state index is 0.0401. The van der Waals surface area contributed by atoms with Gasteiger partial charge in [-0.2, -0.15) is 0 Å². The first-order valence-electron chi connectivity index (χ1n) is 10.1. The lowest BCUT2D eigenvalue weighted by atomic mass is 10.2. The highest BCUT2D eigenvalue weighted by Crippen LogP contribution is 2.18. The van der Waals surface area contributed by atoms with Crippen molar-refractivity contribution in [1.82, 2.24) is 25.4 Å². The van der Waals surface area contributed by atoms with Gasteiger partial charge in [0.2, 0.25) is 5.91 Å². The Bertz CT molecular complexity index is 634. The third kappa shape index (κ3) is 7.28. The second kappa shape index (κ2) is 11.9. The Morgan fingerprint density at radius 2 is 2.21 bits per heavy atom. The SMILES string of the molecule is CCNC(=NCCCN1CCCC1C(=O)N(C)C)NCCc1ccc(Cl)nc1. The van der Waals surface area contributed by atoms with Crippen LogP contribution < -0.4 is 10.6 Å². The maximum Gasteiger partial charge on any atom is 0.239 e. The van der Waals surface area contributed by atoms with Gasteiger partial charge in [-0.05, 0) is 50.8 Å². The van der Waals surface area contributed by atoms with Crippen molar-refractivity contribution in [3.8, 4) is 0 Å². The lowest BCUT2D eigenvalue weighted by molar-refractivity contribution is -0.133. The molecule has 1 fully saturated rings. The number of likely N-dealkylation sites (N-methyl/N-ethyl adjacent to an activating group) is 1. The van der Waals surface area contributed by atoms with Gasteiger partial charge in [-0.3, -0.25) is 14.7 Å². The predicted octanol–water partition coefficient (Wildman–Crippen LogP) is 1.78. The Balaban J connectivity index is 1.74. The summed E-state index contributed by atoms with van der Waals surface area (Å²) in [5.41, 5.74) is 1.14. The monoisotopic (exact) mass is 408 g/mol. The van der Waals surface area contributed by atoms with Crippen LogP contribution in [0.4, 0.5) is 0 Å². The number of likely N-dealkylation sites (tertiary alicyclic amines) is 1. The van der Waals surface area contributed by atoms with Crippen molar-refractivity contribution in [3.63, 3.8) is 0 Å². The normalized spacial score (nSPS) is 17.6. The Morgan fingerprint density at radius 1 is 1.39 bits per heavy atom. The van der Waals surface area contributed by atoms with Gasteiger partial charge in [-0.15, -0.1) is 0 Å². The first-order valence-corrected chi connectivity index (χ1v) is 10.5. The third-order valence-corrected chi connectivity index (χ3v) is 5.03. The van der Waals surface area contributed by atoms with Gasteiger partial charge in [0.1, 0.15) is 5.15 Å². The summed E-state index contributed by atoms with van der Waals surface area (Å²) in [6.45, 7) is 6.30. The zero-order valence-electron chi connectivity index (χ0n) is 17.2. The fourth-order valence-electron chi connectivity index (χ4n) is 3.36. The number of amides is 1. The molecule has 1 amide bonds. The zero-order chi connectivity index (χ0) is 20.4. The van der Waals surface area contributed by atoms with Crippen molar-refractivity contribution in [3.05, 3.63) is 29.0 Å². The van der Waals surface area contributed by atoms with Crippen LogP contribution in [0.25, 0.3) is 0 Å². The number of guanidine groups is 1. The molecule has 28 heavy (non-hydrogen) atoms. The number of aromatic nitrogens is 1. The summed E-state index contributed by atoms with van der Waals surface area (Å²) in [4.78, 5) is 25.0. The molecule has 2 rings (SSSR count). The van der Waals surface area contributed by atoms with Gasteiger partial charge in [0, 0.05) is 46.5 Å². The topological polar surface area (TPSA) is 72.9 Å². The first kappa shape index (κ1) is 22.4. The molecule has 0 aromatic carbocycles. The molecule has 1 aliphatic rings. The molecule has 0 saturated carbocycles. The Kier molecular flexibility index (Phi) is 9.50. The van der Waals surface area contributed by atoms with E-state index < -0.39 is 0 Å². The van der Waals surface area contributed by atoms with E-state index in [0.29, 0.717) is 5.15 Å². The minimum atomic E-state index is 0.0401. The number of rotatable bonds is 9. The number of aliphatic imine (C=N–C) groups is 1. The molecule has 0 aliphatic carbocycles. The summed E-state index contributed by atoms with van der Waals surface area (Å²) in [5.74, 6) is 1.04. The number of nitrogens with zero attached hydrogens (tertiary/aromatic N) is 4. The van der Waals surface area contributed by atoms with Crippen molar-refractivity contribution >= 4 is 23.5 Å². The summed E-state index contributed by atoms with van der Waals surface area (Å²) >= 11 is 5.82. The molecule has 1 atom stereocenters. The second-order valence-electron chi connectivity index (χ2n) is 7.21. The fraction of sp³-hybridized carbons (Fsp3) is 0.650. The molecule has 1 saturated heterocycles. The van der Waals surface area contributed by atoms with Gasteiger partial charge in [0.15, 0.2) is 5.96 Å². The molecule has 1 aromatic rings. The molecule has 2 heterocycles. The van der Waals surface area contributed by atoms with Gasteiger partial charge in [-0.25, -0.2) is 4.98 Å². The summed E-state index contributed by atoms with van der Waals surface area (Å²) in [6.07, 6.45) is 5.66. The van der Waals surface area contributed by atoms with Crippen LogP contribution in [0.15, 0.2) is 23.3 Å². The van der Waals surface area contributed by atoms with Crippen LogP contribution in [0.5, 0.6) is 0 Å². The van der Waals surface area contributed by atoms with Gasteiger partial charge >= 0.3 is 0 Å². The fourth-order valence-corrected chi connectivity index (χ4v) is 3.47. The standard InChI is InChI=1S/C20H33ClN6O/c1-4-22-20(24-12-10-16-8-9-18(21)25-15-16)23-11-6-14-27-13-5-7-17(27)19(28)26(2)3/h8-9,15,17H,4-7,10-14H2,1-3H3,(H2,22,23,24). The number of halogens is 1. The van der Waals surface area contributed by atoms with Crippen molar-refractivity contribution in [2.24, 2.45) is 4.99 Å². The van der Waals surface area contributed by atoms with Gasteiger partial charge in [0.05, 0.1) is 6.04 Å². The van der Waals surface area contributed by atoms with Crippen LogP contribution in [0, 0.1) is 0 Å². The number of nitrogens with one attached hydrogen (secondary N) is 2. The first-order chi connectivity index (χ1) is 13.5. The van der Waals surface area contributed by atoms with E-state index in [0.717, 1.165) is 69.9 Å². The molecule has 0 spiro atoms. The van der Waals surface area contributed by atoms with Gasteiger partial charge < -0.3 is 15.5 Å². The maximum absolute atomic E-state index is 12.3. The smallest absolute Gasteiger partial charge is 0.239 e. The lowest BCUT2D eigenvalue weighted by Gasteiger charge is -2.25. The number of pyridine rings is 1. The van der Waals surface area contributed by atoms with Crippen LogP contribution in [-0.2, 0) is 11.2 Å². The van der Waals surface area contributed by atoms with Gasteiger partial charge in [-0.1, -0.05) is 17.7 Å². The number of hydrogen-bond donors (Lipinski definition) is 2. The van der Waals surface area contributed by atoms with E-state index in [1.54, 1.807) is 11.1 Å². The highest BCUT2D eigenvalue weighted by atomic mass is 35.5. The van der Waals surface area contributed by atoms with Crippen molar-refractivity contribution in [2.45, 2.75) is 38.6 Å². The molecule has 1 aromatic heterocycles. The molecule has 1 aliphatic heterocycles. The Hall–Kier alpha value is -1.86. The van der Waals surface area contributed by atoms with Crippen LogP contribution in [0.2, 0.25) is 5.15 Å². The van der Waals surface area contributed by atoms with E-state index in [2.05, 4.69) is 32.4 Å². The molecule has 2 N–H and O–H groups in total. The molecule has 0 bridgehead atoms. The summed E-state index contributed by atoms with van der Waals surface area (Å²) in [5, 5.41) is 7.15. The van der Waals surface area contributed by atoms with E-state index in [1.807, 2.05) is 26.2 Å². The number of carbonyl (C=O) groups is 1. The average Bonchev–Trinajstić information content (AvgIpc) is 3.14. The summed E-state index contributed by atoms with van der Waals surface area (Å²) in [7, 11) is 3.66. The molecule has 156 valence electrons. The highest BCUT2D eigenvalue weighted by Gasteiger charge is 2.30. The Labute approximate surface area is 173 Å². The molecule has 0 radical (unpaired) electrons. The van der Waals surface area contributed by atoms with Crippen molar-refractivity contribution in [2.75, 3.05) is 46.8 Å². The molecule has 7 nitrogen and oxygen atoms in total. The number of hydrogen-bond acceptors (Lipinski definition) is 4.